The number of benzene rings is 1. The van der Waals surface area contributed by atoms with E-state index in [4.69, 9.17) is 4.52 Å². The Morgan fingerprint density at radius 2 is 1.97 bits per heavy atom. The number of nitrogens with one attached hydrogen (secondary N) is 1. The van der Waals surface area contributed by atoms with E-state index in [-0.39, 0.29) is 18.5 Å². The molecule has 3 aromatic rings. The van der Waals surface area contributed by atoms with Gasteiger partial charge < -0.3 is 19.8 Å². The standard InChI is InChI=1S/C27H33FN4O4S/c1-6-19(17-7-9-18(10-8-17)25-16(5)29-13-37-25)30-26(34)24-23(28)20(33)12-32(24)27(35)22(14(2)3)21-11-15(4)31-36-21/h7-11,13-14,19-20,22-24,33H,6,12H2,1-5H3,(H,30,34)/t19-,20-,22+,23-,24-/m0/s1. The summed E-state index contributed by atoms with van der Waals surface area (Å²) >= 11 is 1.56. The number of amides is 2. The highest BCUT2D eigenvalue weighted by Crippen LogP contribution is 2.33. The van der Waals surface area contributed by atoms with Crippen molar-refractivity contribution in [3.63, 3.8) is 0 Å². The van der Waals surface area contributed by atoms with Crippen molar-refractivity contribution in [1.29, 1.82) is 0 Å². The van der Waals surface area contributed by atoms with Crippen LogP contribution in [0.1, 0.15) is 61.9 Å². The number of aryl methyl sites for hydroxylation is 2. The number of likely N-dealkylation sites (tertiary alicyclic amines) is 1. The number of carbonyl (C=O) groups is 2. The number of halogens is 1. The predicted octanol–water partition coefficient (Wildman–Crippen LogP) is 4.33. The zero-order valence-electron chi connectivity index (χ0n) is 21.6. The Morgan fingerprint density at radius 1 is 1.27 bits per heavy atom. The molecule has 0 aliphatic carbocycles. The maximum absolute atomic E-state index is 15.2. The van der Waals surface area contributed by atoms with Crippen LogP contribution in [0.5, 0.6) is 0 Å². The molecule has 3 heterocycles. The summed E-state index contributed by atoms with van der Waals surface area (Å²) in [6.45, 7) is 9.05. The van der Waals surface area contributed by atoms with Gasteiger partial charge in [0.05, 0.1) is 34.4 Å². The normalized spacial score (nSPS) is 21.3. The molecule has 1 aromatic carbocycles. The molecule has 0 unspecified atom stereocenters. The first-order valence-electron chi connectivity index (χ1n) is 12.5. The molecule has 1 aliphatic rings. The fraction of sp³-hybridized carbons (Fsp3) is 0.481. The van der Waals surface area contributed by atoms with Gasteiger partial charge in [0.1, 0.15) is 23.8 Å². The zero-order valence-corrected chi connectivity index (χ0v) is 22.5. The summed E-state index contributed by atoms with van der Waals surface area (Å²) in [7, 11) is 0. The topological polar surface area (TPSA) is 109 Å². The van der Waals surface area contributed by atoms with E-state index >= 15 is 4.39 Å². The molecule has 5 atom stereocenters. The number of thiazole rings is 1. The highest BCUT2D eigenvalue weighted by atomic mass is 32.1. The SMILES string of the molecule is CC[C@H](NC(=O)[C@@H]1[C@@H](F)[C@@H](O)CN1C(=O)[C@@H](c1cc(C)no1)C(C)C)c1ccc(-c2scnc2C)cc1. The molecule has 37 heavy (non-hydrogen) atoms. The lowest BCUT2D eigenvalue weighted by Crippen LogP contribution is -2.51. The number of carbonyl (C=O) groups excluding carboxylic acids is 2. The Labute approximate surface area is 219 Å². The van der Waals surface area contributed by atoms with Crippen LogP contribution in [-0.2, 0) is 9.59 Å². The Kier molecular flexibility index (Phi) is 8.08. The van der Waals surface area contributed by atoms with Crippen molar-refractivity contribution in [3.05, 3.63) is 58.6 Å². The molecule has 1 fully saturated rings. The molecular formula is C27H33FN4O4S. The zero-order chi connectivity index (χ0) is 26.9. The molecule has 0 radical (unpaired) electrons. The summed E-state index contributed by atoms with van der Waals surface area (Å²) in [6, 6.07) is 7.66. The Hall–Kier alpha value is -3.11. The summed E-state index contributed by atoms with van der Waals surface area (Å²) in [5.41, 5.74) is 5.28. The summed E-state index contributed by atoms with van der Waals surface area (Å²) in [5.74, 6) is -1.69. The number of hydrogen-bond donors (Lipinski definition) is 2. The van der Waals surface area contributed by atoms with Gasteiger partial charge >= 0.3 is 0 Å². The summed E-state index contributed by atoms with van der Waals surface area (Å²) in [4.78, 5) is 33.5. The van der Waals surface area contributed by atoms with Crippen molar-refractivity contribution in [3.8, 4) is 10.4 Å². The monoisotopic (exact) mass is 528 g/mol. The summed E-state index contributed by atoms with van der Waals surface area (Å²) in [6.07, 6.45) is -2.79. The van der Waals surface area contributed by atoms with Gasteiger partial charge in [0, 0.05) is 6.07 Å². The molecule has 4 rings (SSSR count). The number of nitrogens with zero attached hydrogens (tertiary/aromatic N) is 3. The van der Waals surface area contributed by atoms with E-state index in [0.717, 1.165) is 26.6 Å². The van der Waals surface area contributed by atoms with Crippen LogP contribution < -0.4 is 5.32 Å². The van der Waals surface area contributed by atoms with Crippen molar-refractivity contribution in [2.75, 3.05) is 6.54 Å². The van der Waals surface area contributed by atoms with E-state index in [1.165, 1.54) is 0 Å². The van der Waals surface area contributed by atoms with Gasteiger partial charge in [-0.1, -0.05) is 50.2 Å². The average molecular weight is 529 g/mol. The molecule has 2 aromatic heterocycles. The first-order chi connectivity index (χ1) is 17.6. The van der Waals surface area contributed by atoms with Crippen molar-refractivity contribution < 1.29 is 23.6 Å². The highest BCUT2D eigenvalue weighted by molar-refractivity contribution is 7.13. The van der Waals surface area contributed by atoms with Gasteiger partial charge in [0.15, 0.2) is 6.17 Å². The largest absolute Gasteiger partial charge is 0.388 e. The van der Waals surface area contributed by atoms with Crippen LogP contribution in [0.25, 0.3) is 10.4 Å². The van der Waals surface area contributed by atoms with Gasteiger partial charge in [-0.15, -0.1) is 11.3 Å². The summed E-state index contributed by atoms with van der Waals surface area (Å²) < 4.78 is 20.5. The van der Waals surface area contributed by atoms with Crippen molar-refractivity contribution in [2.45, 2.75) is 71.3 Å². The number of aromatic nitrogens is 2. The highest BCUT2D eigenvalue weighted by Gasteiger charge is 2.50. The van der Waals surface area contributed by atoms with Gasteiger partial charge in [0.25, 0.3) is 0 Å². The molecule has 10 heteroatoms. The second-order valence-corrected chi connectivity index (χ2v) is 10.8. The molecule has 0 saturated carbocycles. The first-order valence-corrected chi connectivity index (χ1v) is 13.4. The number of aliphatic hydroxyl groups excluding tert-OH is 1. The maximum atomic E-state index is 15.2. The van der Waals surface area contributed by atoms with Crippen LogP contribution in [0, 0.1) is 19.8 Å². The van der Waals surface area contributed by atoms with Crippen LogP contribution >= 0.6 is 11.3 Å². The Bertz CT molecular complexity index is 1240. The van der Waals surface area contributed by atoms with Gasteiger partial charge in [0.2, 0.25) is 11.8 Å². The third kappa shape index (κ3) is 5.45. The molecule has 198 valence electrons. The molecule has 0 bridgehead atoms. The van der Waals surface area contributed by atoms with E-state index in [1.54, 1.807) is 29.8 Å². The third-order valence-corrected chi connectivity index (χ3v) is 7.85. The van der Waals surface area contributed by atoms with Gasteiger partial charge in [-0.2, -0.15) is 0 Å². The van der Waals surface area contributed by atoms with Crippen molar-refractivity contribution >= 4 is 23.2 Å². The molecule has 2 amide bonds. The van der Waals surface area contributed by atoms with Crippen molar-refractivity contribution in [2.24, 2.45) is 5.92 Å². The van der Waals surface area contributed by atoms with E-state index in [1.807, 2.05) is 52.0 Å². The van der Waals surface area contributed by atoms with E-state index in [2.05, 4.69) is 15.5 Å². The number of aliphatic hydroxyl groups is 1. The first kappa shape index (κ1) is 26.9. The molecule has 0 spiro atoms. The second-order valence-electron chi connectivity index (χ2n) is 9.90. The van der Waals surface area contributed by atoms with Crippen molar-refractivity contribution in [1.82, 2.24) is 20.4 Å². The van der Waals surface area contributed by atoms with Crippen LogP contribution in [-0.4, -0.2) is 56.8 Å². The van der Waals surface area contributed by atoms with Gasteiger partial charge in [-0.3, -0.25) is 9.59 Å². The number of alkyl halides is 1. The summed E-state index contributed by atoms with van der Waals surface area (Å²) in [5, 5.41) is 17.1. The number of hydrogen-bond acceptors (Lipinski definition) is 7. The minimum absolute atomic E-state index is 0.191. The quantitative estimate of drug-likeness (QED) is 0.451. The number of β-amino-alcohol motifs (C(OH)–C–C–N with tert-alkyl or cyclic N) is 1. The molecular weight excluding hydrogens is 495 g/mol. The molecule has 8 nitrogen and oxygen atoms in total. The van der Waals surface area contributed by atoms with Crippen LogP contribution in [0.3, 0.4) is 0 Å². The maximum Gasteiger partial charge on any atom is 0.246 e. The van der Waals surface area contributed by atoms with E-state index in [9.17, 15) is 14.7 Å². The molecule has 2 N–H and O–H groups in total. The van der Waals surface area contributed by atoms with Gasteiger partial charge in [-0.25, -0.2) is 9.37 Å². The average Bonchev–Trinajstić information content (AvgIpc) is 3.56. The fourth-order valence-corrected chi connectivity index (χ4v) is 5.69. The second kappa shape index (κ2) is 11.1. The Balaban J connectivity index is 1.54. The lowest BCUT2D eigenvalue weighted by atomic mass is 9.91. The van der Waals surface area contributed by atoms with Gasteiger partial charge in [-0.05, 0) is 37.3 Å². The van der Waals surface area contributed by atoms with E-state index in [0.29, 0.717) is 17.9 Å². The lowest BCUT2D eigenvalue weighted by molar-refractivity contribution is -0.142. The van der Waals surface area contributed by atoms with E-state index < -0.39 is 36.0 Å². The van der Waals surface area contributed by atoms with Crippen LogP contribution in [0.2, 0.25) is 0 Å². The minimum Gasteiger partial charge on any atom is -0.388 e. The molecule has 1 saturated heterocycles. The predicted molar refractivity (Wildman–Crippen MR) is 139 cm³/mol. The molecule has 1 aliphatic heterocycles. The third-order valence-electron chi connectivity index (χ3n) is 6.87. The fourth-order valence-electron chi connectivity index (χ4n) is 4.88. The number of rotatable bonds is 8. The lowest BCUT2D eigenvalue weighted by Gasteiger charge is -2.30. The van der Waals surface area contributed by atoms with Crippen LogP contribution in [0.4, 0.5) is 4.39 Å². The van der Waals surface area contributed by atoms with Crippen LogP contribution in [0.15, 0.2) is 40.4 Å². The smallest absolute Gasteiger partial charge is 0.246 e. The minimum atomic E-state index is -1.90. The Morgan fingerprint density at radius 3 is 2.51 bits per heavy atom.